The lowest BCUT2D eigenvalue weighted by Gasteiger charge is -2.12. The molecule has 0 amide bonds. The lowest BCUT2D eigenvalue weighted by Crippen LogP contribution is -2.09. The molecule has 0 radical (unpaired) electrons. The van der Waals surface area contributed by atoms with Crippen LogP contribution in [-0.4, -0.2) is 31.0 Å². The predicted octanol–water partition coefficient (Wildman–Crippen LogP) is 0.324. The molecular formula is C10H10N2O7S2. The van der Waals surface area contributed by atoms with Gasteiger partial charge in [0, 0.05) is 16.8 Å². The molecule has 0 fully saturated rings. The molecule has 114 valence electrons. The Morgan fingerprint density at radius 2 is 1.57 bits per heavy atom. The van der Waals surface area contributed by atoms with Gasteiger partial charge in [0.2, 0.25) is 0 Å². The van der Waals surface area contributed by atoms with Gasteiger partial charge in [-0.1, -0.05) is 6.07 Å². The molecular weight excluding hydrogens is 324 g/mol. The Morgan fingerprint density at radius 3 is 2.05 bits per heavy atom. The number of nitrogens with two attached hydrogens (primary N) is 1. The Morgan fingerprint density at radius 1 is 0.952 bits per heavy atom. The average molecular weight is 334 g/mol. The van der Waals surface area contributed by atoms with Crippen LogP contribution < -0.4 is 11.3 Å². The molecule has 9 nitrogen and oxygen atoms in total. The number of nitrogen functional groups attached to an aromatic ring is 1. The van der Waals surface area contributed by atoms with E-state index in [-0.39, 0.29) is 16.5 Å². The van der Waals surface area contributed by atoms with Gasteiger partial charge in [-0.15, -0.1) is 0 Å². The summed E-state index contributed by atoms with van der Waals surface area (Å²) in [6.07, 6.45) is 0. The van der Waals surface area contributed by atoms with Crippen molar-refractivity contribution >= 4 is 36.7 Å². The Bertz CT molecular complexity index is 936. The van der Waals surface area contributed by atoms with E-state index in [0.717, 1.165) is 18.2 Å². The zero-order valence-corrected chi connectivity index (χ0v) is 11.8. The topological polar surface area (TPSA) is 167 Å². The first-order valence-corrected chi connectivity index (χ1v) is 8.15. The maximum Gasteiger partial charge on any atom is 0.295 e. The number of aromatic hydroxyl groups is 1. The zero-order chi connectivity index (χ0) is 16.0. The van der Waals surface area contributed by atoms with Crippen LogP contribution in [0.4, 0.5) is 5.69 Å². The summed E-state index contributed by atoms with van der Waals surface area (Å²) in [5, 5.41) is 9.50. The summed E-state index contributed by atoms with van der Waals surface area (Å²) in [5.41, 5.74) is 2.07. The molecule has 2 rings (SSSR count). The van der Waals surface area contributed by atoms with Crippen LogP contribution in [0.25, 0.3) is 10.8 Å². The minimum absolute atomic E-state index is 0.0394. The molecule has 0 heterocycles. The molecule has 0 saturated carbocycles. The van der Waals surface area contributed by atoms with E-state index >= 15 is 0 Å². The van der Waals surface area contributed by atoms with Crippen molar-refractivity contribution in [1.82, 2.24) is 0 Å². The summed E-state index contributed by atoms with van der Waals surface area (Å²) >= 11 is 0. The largest absolute Gasteiger partial charge is 0.506 e. The van der Waals surface area contributed by atoms with Crippen LogP contribution in [-0.2, 0) is 20.2 Å². The summed E-state index contributed by atoms with van der Waals surface area (Å²) < 4.78 is 63.1. The normalized spacial score (nSPS) is 12.5. The zero-order valence-electron chi connectivity index (χ0n) is 10.2. The van der Waals surface area contributed by atoms with Crippen LogP contribution >= 0.6 is 0 Å². The van der Waals surface area contributed by atoms with Crippen LogP contribution in [0.15, 0.2) is 34.1 Å². The lowest BCUT2D eigenvalue weighted by molar-refractivity contribution is 0.469. The molecule has 0 bridgehead atoms. The maximum absolute atomic E-state index is 11.3. The number of hydrazine groups is 1. The second kappa shape index (κ2) is 4.82. The van der Waals surface area contributed by atoms with E-state index in [1.807, 2.05) is 0 Å². The molecule has 0 saturated heterocycles. The molecule has 0 aliphatic heterocycles. The molecule has 6 N–H and O–H groups in total. The summed E-state index contributed by atoms with van der Waals surface area (Å²) in [6.45, 7) is 0. The number of fused-ring (bicyclic) bond motifs is 1. The minimum Gasteiger partial charge on any atom is -0.506 e. The number of rotatable bonds is 3. The van der Waals surface area contributed by atoms with E-state index in [1.165, 1.54) is 0 Å². The number of hydrogen-bond acceptors (Lipinski definition) is 7. The molecule has 2 aromatic rings. The fraction of sp³-hybridized carbons (Fsp3) is 0. The van der Waals surface area contributed by atoms with E-state index in [1.54, 1.807) is 0 Å². The molecule has 11 heteroatoms. The van der Waals surface area contributed by atoms with Gasteiger partial charge < -0.3 is 10.5 Å². The van der Waals surface area contributed by atoms with Gasteiger partial charge in [0.05, 0.1) is 10.6 Å². The molecule has 2 aromatic carbocycles. The second-order valence-corrected chi connectivity index (χ2v) is 6.88. The Balaban J connectivity index is 3.04. The van der Waals surface area contributed by atoms with Crippen molar-refractivity contribution in [3.05, 3.63) is 24.3 Å². The molecule has 0 aromatic heterocycles. The Kier molecular flexibility index (Phi) is 3.55. The highest BCUT2D eigenvalue weighted by molar-refractivity contribution is 7.86. The number of phenolic OH excluding ortho intramolecular Hbond substituents is 1. The first-order valence-electron chi connectivity index (χ1n) is 5.27. The van der Waals surface area contributed by atoms with Gasteiger partial charge in [-0.05, 0) is 12.1 Å². The highest BCUT2D eigenvalue weighted by Gasteiger charge is 2.21. The minimum atomic E-state index is -4.74. The number of hydrogen-bond donors (Lipinski definition) is 5. The monoisotopic (exact) mass is 334 g/mol. The summed E-state index contributed by atoms with van der Waals surface area (Å²) in [7, 11) is -9.32. The first-order chi connectivity index (χ1) is 9.55. The fourth-order valence-corrected chi connectivity index (χ4v) is 3.10. The standard InChI is InChI=1S/C10H10N2O7S2/c11-12-10-6-2-1-5(20(14,15)16)3-7(6)9(4-8(10)13)21(17,18)19/h1-4,12-13H,11H2,(H,14,15,16)(H,17,18,19). The smallest absolute Gasteiger partial charge is 0.295 e. The van der Waals surface area contributed by atoms with Crippen LogP contribution in [0, 0.1) is 0 Å². The molecule has 0 atom stereocenters. The van der Waals surface area contributed by atoms with Gasteiger partial charge in [0.15, 0.2) is 0 Å². The van der Waals surface area contributed by atoms with Gasteiger partial charge in [-0.3, -0.25) is 14.9 Å². The third kappa shape index (κ3) is 2.77. The van der Waals surface area contributed by atoms with Crippen molar-refractivity contribution < 1.29 is 31.0 Å². The predicted molar refractivity (Wildman–Crippen MR) is 73.1 cm³/mol. The molecule has 21 heavy (non-hydrogen) atoms. The average Bonchev–Trinajstić information content (AvgIpc) is 2.35. The first kappa shape index (κ1) is 15.5. The van der Waals surface area contributed by atoms with Gasteiger partial charge in [0.1, 0.15) is 10.6 Å². The van der Waals surface area contributed by atoms with Crippen molar-refractivity contribution in [3.63, 3.8) is 0 Å². The van der Waals surface area contributed by atoms with E-state index in [9.17, 15) is 21.9 Å². The summed E-state index contributed by atoms with van der Waals surface area (Å²) in [5.74, 6) is 4.65. The lowest BCUT2D eigenvalue weighted by atomic mass is 10.1. The summed E-state index contributed by atoms with van der Waals surface area (Å²) in [4.78, 5) is -1.30. The maximum atomic E-state index is 11.3. The Hall–Kier alpha value is -1.92. The van der Waals surface area contributed by atoms with Gasteiger partial charge >= 0.3 is 0 Å². The van der Waals surface area contributed by atoms with Crippen molar-refractivity contribution in [2.24, 2.45) is 5.84 Å². The number of nitrogens with one attached hydrogen (secondary N) is 1. The SMILES string of the molecule is NNc1c(O)cc(S(=O)(=O)O)c2cc(S(=O)(=O)O)ccc12. The van der Waals surface area contributed by atoms with E-state index in [0.29, 0.717) is 6.07 Å². The van der Waals surface area contributed by atoms with Gasteiger partial charge in [0.25, 0.3) is 20.2 Å². The quantitative estimate of drug-likeness (QED) is 0.230. The second-order valence-electron chi connectivity index (χ2n) is 4.07. The Labute approximate surface area is 119 Å². The number of anilines is 1. The van der Waals surface area contributed by atoms with Crippen LogP contribution in [0.2, 0.25) is 0 Å². The van der Waals surface area contributed by atoms with Crippen LogP contribution in [0.3, 0.4) is 0 Å². The third-order valence-electron chi connectivity index (χ3n) is 2.77. The van der Waals surface area contributed by atoms with E-state index in [2.05, 4.69) is 5.43 Å². The highest BCUT2D eigenvalue weighted by Crippen LogP contribution is 2.37. The van der Waals surface area contributed by atoms with E-state index in [4.69, 9.17) is 14.9 Å². The summed E-state index contributed by atoms with van der Waals surface area (Å²) in [6, 6.07) is 3.67. The van der Waals surface area contributed by atoms with E-state index < -0.39 is 35.8 Å². The fourth-order valence-electron chi connectivity index (χ4n) is 1.88. The van der Waals surface area contributed by atoms with Crippen molar-refractivity contribution in [2.75, 3.05) is 5.43 Å². The van der Waals surface area contributed by atoms with Crippen molar-refractivity contribution in [3.8, 4) is 5.75 Å². The third-order valence-corrected chi connectivity index (χ3v) is 4.51. The molecule has 0 unspecified atom stereocenters. The van der Waals surface area contributed by atoms with Crippen LogP contribution in [0.1, 0.15) is 0 Å². The van der Waals surface area contributed by atoms with Gasteiger partial charge in [-0.2, -0.15) is 16.8 Å². The van der Waals surface area contributed by atoms with Crippen molar-refractivity contribution in [1.29, 1.82) is 0 Å². The van der Waals surface area contributed by atoms with Gasteiger partial charge in [-0.25, -0.2) is 0 Å². The molecule has 0 aliphatic carbocycles. The molecule has 0 spiro atoms. The molecule has 0 aliphatic rings. The highest BCUT2D eigenvalue weighted by atomic mass is 32.2. The number of benzene rings is 2. The number of phenols is 1. The van der Waals surface area contributed by atoms with Crippen LogP contribution in [0.5, 0.6) is 5.75 Å². The van der Waals surface area contributed by atoms with Crippen molar-refractivity contribution in [2.45, 2.75) is 9.79 Å².